The van der Waals surface area contributed by atoms with Crippen LogP contribution in [0.3, 0.4) is 0 Å². The first kappa shape index (κ1) is 26.2. The third-order valence-electron chi connectivity index (χ3n) is 6.98. The molecule has 0 N–H and O–H groups in total. The van der Waals surface area contributed by atoms with Gasteiger partial charge in [-0.25, -0.2) is 4.79 Å². The molecule has 0 saturated carbocycles. The number of hydrogen-bond donors (Lipinski definition) is 0. The minimum atomic E-state index is -0.256. The van der Waals surface area contributed by atoms with Gasteiger partial charge in [-0.3, -0.25) is 0 Å². The Labute approximate surface area is 231 Å². The van der Waals surface area contributed by atoms with Crippen molar-refractivity contribution in [1.82, 2.24) is 4.57 Å². The molecule has 0 aliphatic carbocycles. The lowest BCUT2D eigenvalue weighted by atomic mass is 9.96. The predicted molar refractivity (Wildman–Crippen MR) is 159 cm³/mol. The van der Waals surface area contributed by atoms with Crippen molar-refractivity contribution in [1.29, 1.82) is 0 Å². The van der Waals surface area contributed by atoms with Gasteiger partial charge in [-0.2, -0.15) is 0 Å². The van der Waals surface area contributed by atoms with E-state index in [1.807, 2.05) is 50.2 Å². The number of carbonyl (C=O) groups excluding carboxylic acids is 1. The quantitative estimate of drug-likeness (QED) is 0.177. The number of esters is 1. The van der Waals surface area contributed by atoms with Crippen molar-refractivity contribution < 1.29 is 9.53 Å². The SMILES string of the molecule is CC(C)OC(=O)c1c(-c2ccccc2)c(Cc2ccccc2)n(Cc2ccccc2)c1CCc1ccccc1. The van der Waals surface area contributed by atoms with Gasteiger partial charge < -0.3 is 9.30 Å². The van der Waals surface area contributed by atoms with Crippen LogP contribution in [0.15, 0.2) is 121 Å². The van der Waals surface area contributed by atoms with E-state index in [9.17, 15) is 4.79 Å². The number of benzene rings is 4. The summed E-state index contributed by atoms with van der Waals surface area (Å²) in [4.78, 5) is 13.9. The highest BCUT2D eigenvalue weighted by Crippen LogP contribution is 2.37. The molecular formula is C36H35NO2. The Morgan fingerprint density at radius 3 is 1.72 bits per heavy atom. The first-order valence-corrected chi connectivity index (χ1v) is 13.7. The van der Waals surface area contributed by atoms with Crippen LogP contribution in [0.1, 0.15) is 52.3 Å². The standard InChI is InChI=1S/C36H35NO2/c1-27(2)39-36(38)35-32(24-23-28-15-7-3-8-16-28)37(26-30-19-11-5-12-20-30)33(25-29-17-9-4-10-18-29)34(35)31-21-13-6-14-22-31/h3-22,27H,23-26H2,1-2H3. The Bertz CT molecular complexity index is 1490. The number of carbonyl (C=O) groups is 1. The molecule has 0 atom stereocenters. The summed E-state index contributed by atoms with van der Waals surface area (Å²) >= 11 is 0. The molecule has 0 spiro atoms. The number of hydrogen-bond acceptors (Lipinski definition) is 2. The van der Waals surface area contributed by atoms with Crippen LogP contribution in [0.4, 0.5) is 0 Å². The van der Waals surface area contributed by atoms with E-state index in [1.165, 1.54) is 16.7 Å². The van der Waals surface area contributed by atoms with Gasteiger partial charge in [0.05, 0.1) is 11.7 Å². The summed E-state index contributed by atoms with van der Waals surface area (Å²) in [6.45, 7) is 4.51. The summed E-state index contributed by atoms with van der Waals surface area (Å²) in [5.74, 6) is -0.256. The molecule has 0 aliphatic heterocycles. The number of aryl methyl sites for hydroxylation is 1. The molecule has 0 bridgehead atoms. The Hall–Kier alpha value is -4.37. The second-order valence-corrected chi connectivity index (χ2v) is 10.2. The Balaban J connectivity index is 1.75. The first-order valence-electron chi connectivity index (χ1n) is 13.7. The monoisotopic (exact) mass is 513 g/mol. The van der Waals surface area contributed by atoms with Gasteiger partial charge >= 0.3 is 5.97 Å². The molecule has 1 aromatic heterocycles. The number of ether oxygens (including phenoxy) is 1. The molecule has 0 aliphatic rings. The van der Waals surface area contributed by atoms with Crippen molar-refractivity contribution in [3.05, 3.63) is 155 Å². The van der Waals surface area contributed by atoms with E-state index in [0.29, 0.717) is 18.5 Å². The number of rotatable bonds is 10. The summed E-state index contributed by atoms with van der Waals surface area (Å²) < 4.78 is 8.29. The molecule has 5 rings (SSSR count). The Morgan fingerprint density at radius 1 is 0.641 bits per heavy atom. The number of aromatic nitrogens is 1. The number of nitrogens with zero attached hydrogens (tertiary/aromatic N) is 1. The van der Waals surface area contributed by atoms with Crippen molar-refractivity contribution in [2.24, 2.45) is 0 Å². The summed E-state index contributed by atoms with van der Waals surface area (Å²) in [5.41, 5.74) is 8.52. The van der Waals surface area contributed by atoms with Crippen molar-refractivity contribution in [3.8, 4) is 11.1 Å². The first-order chi connectivity index (χ1) is 19.1. The second kappa shape index (κ2) is 12.4. The highest BCUT2D eigenvalue weighted by atomic mass is 16.5. The maximum Gasteiger partial charge on any atom is 0.340 e. The van der Waals surface area contributed by atoms with Crippen LogP contribution in [-0.4, -0.2) is 16.6 Å². The third kappa shape index (κ3) is 6.38. The van der Waals surface area contributed by atoms with Crippen LogP contribution in [0.2, 0.25) is 0 Å². The predicted octanol–water partition coefficient (Wildman–Crippen LogP) is 8.14. The lowest BCUT2D eigenvalue weighted by molar-refractivity contribution is 0.0377. The molecule has 196 valence electrons. The van der Waals surface area contributed by atoms with Crippen LogP contribution in [-0.2, 0) is 30.5 Å². The summed E-state index contributed by atoms with van der Waals surface area (Å²) in [6, 6.07) is 41.8. The van der Waals surface area contributed by atoms with Gasteiger partial charge in [-0.15, -0.1) is 0 Å². The lowest BCUT2D eigenvalue weighted by Gasteiger charge is -2.16. The molecule has 5 aromatic rings. The van der Waals surface area contributed by atoms with Crippen molar-refractivity contribution in [3.63, 3.8) is 0 Å². The van der Waals surface area contributed by atoms with Gasteiger partial charge in [0.2, 0.25) is 0 Å². The largest absolute Gasteiger partial charge is 0.459 e. The average molecular weight is 514 g/mol. The topological polar surface area (TPSA) is 31.2 Å². The van der Waals surface area contributed by atoms with Crippen LogP contribution >= 0.6 is 0 Å². The fourth-order valence-corrected chi connectivity index (χ4v) is 5.23. The molecule has 39 heavy (non-hydrogen) atoms. The average Bonchev–Trinajstić information content (AvgIpc) is 3.26. The zero-order valence-electron chi connectivity index (χ0n) is 22.7. The van der Waals surface area contributed by atoms with E-state index in [1.54, 1.807) is 0 Å². The van der Waals surface area contributed by atoms with E-state index >= 15 is 0 Å². The van der Waals surface area contributed by atoms with Crippen LogP contribution < -0.4 is 0 Å². The summed E-state index contributed by atoms with van der Waals surface area (Å²) in [6.07, 6.45) is 2.07. The molecule has 0 unspecified atom stereocenters. The van der Waals surface area contributed by atoms with Crippen molar-refractivity contribution in [2.75, 3.05) is 0 Å². The van der Waals surface area contributed by atoms with E-state index in [-0.39, 0.29) is 12.1 Å². The lowest BCUT2D eigenvalue weighted by Crippen LogP contribution is -2.16. The molecule has 0 saturated heterocycles. The minimum absolute atomic E-state index is 0.210. The zero-order chi connectivity index (χ0) is 27.0. The van der Waals surface area contributed by atoms with E-state index in [0.717, 1.165) is 35.4 Å². The second-order valence-electron chi connectivity index (χ2n) is 10.2. The van der Waals surface area contributed by atoms with Crippen LogP contribution in [0, 0.1) is 0 Å². The molecule has 0 fully saturated rings. The van der Waals surface area contributed by atoms with Gasteiger partial charge in [0.1, 0.15) is 0 Å². The van der Waals surface area contributed by atoms with E-state index in [4.69, 9.17) is 4.74 Å². The van der Waals surface area contributed by atoms with Crippen LogP contribution in [0.25, 0.3) is 11.1 Å². The maximum atomic E-state index is 13.9. The fraction of sp³-hybridized carbons (Fsp3) is 0.194. The molecule has 1 heterocycles. The zero-order valence-corrected chi connectivity index (χ0v) is 22.7. The molecule has 4 aromatic carbocycles. The fourth-order valence-electron chi connectivity index (χ4n) is 5.23. The molecular weight excluding hydrogens is 478 g/mol. The molecule has 0 amide bonds. The molecule has 3 heteroatoms. The summed E-state index contributed by atoms with van der Waals surface area (Å²) in [7, 11) is 0. The van der Waals surface area contributed by atoms with Gasteiger partial charge in [-0.1, -0.05) is 121 Å². The van der Waals surface area contributed by atoms with Crippen molar-refractivity contribution in [2.45, 2.75) is 45.8 Å². The van der Waals surface area contributed by atoms with Gasteiger partial charge in [0.15, 0.2) is 0 Å². The van der Waals surface area contributed by atoms with Crippen LogP contribution in [0.5, 0.6) is 0 Å². The van der Waals surface area contributed by atoms with Gasteiger partial charge in [-0.05, 0) is 48.9 Å². The van der Waals surface area contributed by atoms with Gasteiger partial charge in [0, 0.05) is 29.9 Å². The van der Waals surface area contributed by atoms with Gasteiger partial charge in [0.25, 0.3) is 0 Å². The maximum absolute atomic E-state index is 13.9. The van der Waals surface area contributed by atoms with E-state index in [2.05, 4.69) is 89.5 Å². The Kier molecular flexibility index (Phi) is 8.38. The molecule has 0 radical (unpaired) electrons. The normalized spacial score (nSPS) is 11.1. The Morgan fingerprint density at radius 2 is 1.15 bits per heavy atom. The third-order valence-corrected chi connectivity index (χ3v) is 6.98. The highest BCUT2D eigenvalue weighted by molar-refractivity contribution is 6.00. The molecule has 3 nitrogen and oxygen atoms in total. The highest BCUT2D eigenvalue weighted by Gasteiger charge is 2.29. The van der Waals surface area contributed by atoms with Crippen molar-refractivity contribution >= 4 is 5.97 Å². The smallest absolute Gasteiger partial charge is 0.340 e. The summed E-state index contributed by atoms with van der Waals surface area (Å²) in [5, 5.41) is 0. The van der Waals surface area contributed by atoms with E-state index < -0.39 is 0 Å². The minimum Gasteiger partial charge on any atom is -0.459 e.